The lowest BCUT2D eigenvalue weighted by Gasteiger charge is -2.09. The molecule has 0 saturated carbocycles. The lowest BCUT2D eigenvalue weighted by molar-refractivity contribution is 0.621. The maximum atomic E-state index is 13.5. The van der Waals surface area contributed by atoms with E-state index in [1.165, 1.54) is 12.1 Å². The normalized spacial score (nSPS) is 10.9. The average Bonchev–Trinajstić information content (AvgIpc) is 3.10. The highest BCUT2D eigenvalue weighted by Gasteiger charge is 2.08. The van der Waals surface area contributed by atoms with Crippen molar-refractivity contribution in [2.45, 2.75) is 6.54 Å². The Morgan fingerprint density at radius 2 is 1.90 bits per heavy atom. The van der Waals surface area contributed by atoms with Crippen LogP contribution in [0.5, 0.6) is 0 Å². The molecule has 5 aromatic rings. The highest BCUT2D eigenvalue weighted by molar-refractivity contribution is 14.1. The number of nitrogens with one attached hydrogen (secondary N) is 1. The summed E-state index contributed by atoms with van der Waals surface area (Å²) >= 11 is 2.28. The van der Waals surface area contributed by atoms with Crippen LogP contribution in [0.4, 0.5) is 15.9 Å². The first-order chi connectivity index (χ1) is 14.2. The van der Waals surface area contributed by atoms with E-state index in [0.717, 1.165) is 42.4 Å². The van der Waals surface area contributed by atoms with Crippen molar-refractivity contribution >= 4 is 68.3 Å². The zero-order valence-corrected chi connectivity index (χ0v) is 18.6. The summed E-state index contributed by atoms with van der Waals surface area (Å²) < 4.78 is 16.5. The number of nitrogens with zero attached hydrogens (tertiary/aromatic N) is 4. The Morgan fingerprint density at radius 1 is 1.00 bits per heavy atom. The van der Waals surface area contributed by atoms with Crippen LogP contribution in [0, 0.1) is 9.39 Å². The Labute approximate surface area is 191 Å². The van der Waals surface area contributed by atoms with Crippen LogP contribution in [0.2, 0.25) is 0 Å². The maximum absolute atomic E-state index is 13.5. The van der Waals surface area contributed by atoms with Crippen LogP contribution < -0.4 is 5.32 Å². The number of rotatable bonds is 4. The van der Waals surface area contributed by atoms with E-state index in [1.54, 1.807) is 12.4 Å². The molecule has 0 amide bonds. The minimum atomic E-state index is -0.239. The van der Waals surface area contributed by atoms with Gasteiger partial charge in [0.1, 0.15) is 18.0 Å². The molecule has 0 aliphatic carbocycles. The van der Waals surface area contributed by atoms with E-state index in [4.69, 9.17) is 0 Å². The second kappa shape index (κ2) is 8.53. The number of benzene rings is 3. The average molecular weight is 532 g/mol. The summed E-state index contributed by atoms with van der Waals surface area (Å²) in [6.07, 6.45) is 3.38. The topological polar surface area (TPSA) is 55.6 Å². The standard InChI is InChI=1S/C22H15FIN5.ClH/c23-16-3-1-2-14(8-16)12-29-21-7-5-18(9-15(21)11-27-29)28-22-19-10-17(24)4-6-20(19)25-13-26-22;/h1-11,13H,12H2,(H,25,26,28);1H. The first-order valence-electron chi connectivity index (χ1n) is 9.03. The van der Waals surface area contributed by atoms with Gasteiger partial charge in [-0.3, -0.25) is 4.68 Å². The molecule has 5 nitrogen and oxygen atoms in total. The first-order valence-corrected chi connectivity index (χ1v) is 10.1. The van der Waals surface area contributed by atoms with Crippen molar-refractivity contribution in [3.63, 3.8) is 0 Å². The molecule has 5 rings (SSSR count). The third kappa shape index (κ3) is 4.08. The van der Waals surface area contributed by atoms with Crippen molar-refractivity contribution < 1.29 is 4.39 Å². The van der Waals surface area contributed by atoms with E-state index < -0.39 is 0 Å². The zero-order chi connectivity index (χ0) is 19.8. The van der Waals surface area contributed by atoms with Crippen LogP contribution in [-0.2, 0) is 6.54 Å². The van der Waals surface area contributed by atoms with Crippen LogP contribution in [0.1, 0.15) is 5.56 Å². The van der Waals surface area contributed by atoms with Crippen LogP contribution >= 0.6 is 35.0 Å². The fourth-order valence-corrected chi connectivity index (χ4v) is 3.86. The SMILES string of the molecule is Cl.Fc1cccc(Cn2ncc3cc(Nc4ncnc5ccc(I)cc45)ccc32)c1. The summed E-state index contributed by atoms with van der Waals surface area (Å²) in [6.45, 7) is 0.517. The summed E-state index contributed by atoms with van der Waals surface area (Å²) in [5.41, 5.74) is 3.68. The Kier molecular flexibility index (Phi) is 5.83. The maximum Gasteiger partial charge on any atom is 0.141 e. The van der Waals surface area contributed by atoms with E-state index in [0.29, 0.717) is 6.54 Å². The molecule has 0 fully saturated rings. The lowest BCUT2D eigenvalue weighted by Crippen LogP contribution is -2.01. The van der Waals surface area contributed by atoms with E-state index in [1.807, 2.05) is 47.3 Å². The Morgan fingerprint density at radius 3 is 2.77 bits per heavy atom. The molecule has 0 saturated heterocycles. The fraction of sp³-hybridized carbons (Fsp3) is 0.0455. The van der Waals surface area contributed by atoms with E-state index in [2.05, 4.69) is 49.0 Å². The van der Waals surface area contributed by atoms with Crippen LogP contribution in [-0.4, -0.2) is 19.7 Å². The highest BCUT2D eigenvalue weighted by atomic mass is 127. The smallest absolute Gasteiger partial charge is 0.141 e. The van der Waals surface area contributed by atoms with Crippen LogP contribution in [0.3, 0.4) is 0 Å². The Bertz CT molecular complexity index is 1350. The molecule has 150 valence electrons. The van der Waals surface area contributed by atoms with Gasteiger partial charge in [0.05, 0.1) is 23.8 Å². The van der Waals surface area contributed by atoms with E-state index >= 15 is 0 Å². The molecule has 0 aliphatic rings. The number of halogens is 3. The molecule has 0 spiro atoms. The zero-order valence-electron chi connectivity index (χ0n) is 15.6. The van der Waals surface area contributed by atoms with Gasteiger partial charge >= 0.3 is 0 Å². The highest BCUT2D eigenvalue weighted by Crippen LogP contribution is 2.27. The van der Waals surface area contributed by atoms with Gasteiger partial charge in [0.25, 0.3) is 0 Å². The van der Waals surface area contributed by atoms with E-state index in [9.17, 15) is 4.39 Å². The van der Waals surface area contributed by atoms with Crippen molar-refractivity contribution in [1.29, 1.82) is 0 Å². The van der Waals surface area contributed by atoms with Crippen molar-refractivity contribution in [3.8, 4) is 0 Å². The molecule has 0 bridgehead atoms. The summed E-state index contributed by atoms with van der Waals surface area (Å²) in [5, 5.41) is 9.83. The van der Waals surface area contributed by atoms with Gasteiger partial charge in [-0.2, -0.15) is 5.10 Å². The molecule has 2 heterocycles. The van der Waals surface area contributed by atoms with Gasteiger partial charge in [-0.25, -0.2) is 14.4 Å². The second-order valence-electron chi connectivity index (χ2n) is 6.71. The number of anilines is 2. The predicted octanol–water partition coefficient (Wildman–Crippen LogP) is 5.94. The van der Waals surface area contributed by atoms with Crippen molar-refractivity contribution in [1.82, 2.24) is 19.7 Å². The van der Waals surface area contributed by atoms with Gasteiger partial charge < -0.3 is 5.32 Å². The summed E-state index contributed by atoms with van der Waals surface area (Å²) in [6, 6.07) is 18.7. The first kappa shape index (κ1) is 20.5. The third-order valence-electron chi connectivity index (χ3n) is 4.72. The molecule has 30 heavy (non-hydrogen) atoms. The summed E-state index contributed by atoms with van der Waals surface area (Å²) in [4.78, 5) is 8.74. The monoisotopic (exact) mass is 531 g/mol. The number of fused-ring (bicyclic) bond motifs is 2. The molecule has 2 aromatic heterocycles. The minimum absolute atomic E-state index is 0. The summed E-state index contributed by atoms with van der Waals surface area (Å²) in [7, 11) is 0. The number of hydrogen-bond acceptors (Lipinski definition) is 4. The predicted molar refractivity (Wildman–Crippen MR) is 128 cm³/mol. The Hall–Kier alpha value is -2.78. The quantitative estimate of drug-likeness (QED) is 0.292. The van der Waals surface area contributed by atoms with Gasteiger partial charge in [0.2, 0.25) is 0 Å². The van der Waals surface area contributed by atoms with E-state index in [-0.39, 0.29) is 18.2 Å². The minimum Gasteiger partial charge on any atom is -0.340 e. The molecular weight excluding hydrogens is 516 g/mol. The second-order valence-corrected chi connectivity index (χ2v) is 7.96. The molecule has 0 aliphatic heterocycles. The van der Waals surface area contributed by atoms with Crippen LogP contribution in [0.15, 0.2) is 73.2 Å². The van der Waals surface area contributed by atoms with Gasteiger partial charge in [0, 0.05) is 20.0 Å². The van der Waals surface area contributed by atoms with Crippen molar-refractivity contribution in [3.05, 3.63) is 88.1 Å². The van der Waals surface area contributed by atoms with Crippen molar-refractivity contribution in [2.75, 3.05) is 5.32 Å². The summed E-state index contributed by atoms with van der Waals surface area (Å²) in [5.74, 6) is 0.525. The molecule has 8 heteroatoms. The molecule has 1 N–H and O–H groups in total. The molecule has 0 radical (unpaired) electrons. The molecule has 3 aromatic carbocycles. The van der Waals surface area contributed by atoms with Crippen molar-refractivity contribution in [2.24, 2.45) is 0 Å². The lowest BCUT2D eigenvalue weighted by atomic mass is 10.2. The van der Waals surface area contributed by atoms with Gasteiger partial charge in [-0.05, 0) is 76.7 Å². The van der Waals surface area contributed by atoms with Crippen LogP contribution in [0.25, 0.3) is 21.8 Å². The molecule has 0 unspecified atom stereocenters. The number of aromatic nitrogens is 4. The fourth-order valence-electron chi connectivity index (χ4n) is 3.36. The molecule has 0 atom stereocenters. The Balaban J connectivity index is 0.00000218. The number of hydrogen-bond donors (Lipinski definition) is 1. The molecular formula is C22H16ClFIN5. The van der Waals surface area contributed by atoms with Gasteiger partial charge in [0.15, 0.2) is 0 Å². The largest absolute Gasteiger partial charge is 0.340 e. The van der Waals surface area contributed by atoms with Gasteiger partial charge in [-0.15, -0.1) is 12.4 Å². The van der Waals surface area contributed by atoms with Gasteiger partial charge in [-0.1, -0.05) is 12.1 Å². The third-order valence-corrected chi connectivity index (χ3v) is 5.39.